The number of methoxy groups -OCH3 is 2. The summed E-state index contributed by atoms with van der Waals surface area (Å²) in [5.74, 6) is 1.43. The van der Waals surface area contributed by atoms with Crippen molar-refractivity contribution >= 4 is 43.9 Å². The number of Topliss-reactive ketones (excluding diaryl/α,β-unsaturated/α-hetero) is 1. The van der Waals surface area contributed by atoms with Gasteiger partial charge in [-0.2, -0.15) is 5.10 Å². The quantitative estimate of drug-likeness (QED) is 0.344. The number of rotatable bonds is 2. The van der Waals surface area contributed by atoms with Gasteiger partial charge in [-0.15, -0.1) is 0 Å². The summed E-state index contributed by atoms with van der Waals surface area (Å²) in [5, 5.41) is 8.52. The van der Waals surface area contributed by atoms with Gasteiger partial charge in [-0.05, 0) is 31.0 Å². The number of hydrogen-bond acceptors (Lipinski definition) is 5. The van der Waals surface area contributed by atoms with Crippen LogP contribution in [0.25, 0.3) is 38.1 Å². The number of carbonyl (C=O) groups is 1. The van der Waals surface area contributed by atoms with E-state index >= 15 is 0 Å². The minimum absolute atomic E-state index is 0.163. The first kappa shape index (κ1) is 15.6. The number of benzene rings is 2. The van der Waals surface area contributed by atoms with Gasteiger partial charge >= 0.3 is 0 Å². The number of pyridine rings is 2. The highest BCUT2D eigenvalue weighted by molar-refractivity contribution is 6.28. The zero-order valence-corrected chi connectivity index (χ0v) is 15.6. The van der Waals surface area contributed by atoms with Crippen LogP contribution < -0.4 is 9.47 Å². The van der Waals surface area contributed by atoms with Crippen molar-refractivity contribution in [2.24, 2.45) is 0 Å². The van der Waals surface area contributed by atoms with Crippen LogP contribution in [0.5, 0.6) is 11.5 Å². The number of fused-ring (bicyclic) bond motifs is 5. The number of hydrogen-bond donors (Lipinski definition) is 0. The van der Waals surface area contributed by atoms with Crippen molar-refractivity contribution in [1.82, 2.24) is 14.6 Å². The largest absolute Gasteiger partial charge is 0.493 e. The molecule has 28 heavy (non-hydrogen) atoms. The molecule has 0 radical (unpaired) electrons. The van der Waals surface area contributed by atoms with Crippen molar-refractivity contribution in [1.29, 1.82) is 0 Å². The van der Waals surface area contributed by atoms with Crippen LogP contribution in [0, 0.1) is 0 Å². The monoisotopic (exact) mass is 371 g/mol. The Labute approximate surface area is 160 Å². The van der Waals surface area contributed by atoms with E-state index in [1.807, 2.05) is 35.0 Å². The fourth-order valence-electron chi connectivity index (χ4n) is 4.64. The third kappa shape index (κ3) is 1.80. The van der Waals surface area contributed by atoms with Gasteiger partial charge < -0.3 is 9.47 Å². The van der Waals surface area contributed by atoms with Crippen LogP contribution in [0.3, 0.4) is 0 Å². The van der Waals surface area contributed by atoms with Crippen molar-refractivity contribution in [3.8, 4) is 11.5 Å². The first-order valence-corrected chi connectivity index (χ1v) is 9.34. The normalized spacial score (nSPS) is 14.4. The van der Waals surface area contributed by atoms with Gasteiger partial charge in [0.1, 0.15) is 0 Å². The molecule has 6 nitrogen and oxygen atoms in total. The van der Waals surface area contributed by atoms with Gasteiger partial charge in [-0.1, -0.05) is 0 Å². The van der Waals surface area contributed by atoms with E-state index in [2.05, 4.69) is 5.10 Å². The van der Waals surface area contributed by atoms with Gasteiger partial charge in [0, 0.05) is 39.6 Å². The van der Waals surface area contributed by atoms with Crippen molar-refractivity contribution in [2.75, 3.05) is 14.2 Å². The molecule has 6 rings (SSSR count). The predicted molar refractivity (Wildman–Crippen MR) is 107 cm³/mol. The second-order valence-corrected chi connectivity index (χ2v) is 7.26. The molecule has 0 atom stereocenters. The zero-order valence-electron chi connectivity index (χ0n) is 15.6. The lowest BCUT2D eigenvalue weighted by atomic mass is 9.88. The Balaban J connectivity index is 1.98. The molecule has 5 aromatic rings. The number of ketones is 1. The lowest BCUT2D eigenvalue weighted by molar-refractivity contribution is 0.0973. The summed E-state index contributed by atoms with van der Waals surface area (Å²) in [6, 6.07) is 7.95. The van der Waals surface area contributed by atoms with Crippen LogP contribution in [0.1, 0.15) is 28.9 Å². The van der Waals surface area contributed by atoms with Gasteiger partial charge in [0.25, 0.3) is 0 Å². The molecular weight excluding hydrogens is 354 g/mol. The van der Waals surface area contributed by atoms with E-state index in [1.165, 1.54) is 0 Å². The second-order valence-electron chi connectivity index (χ2n) is 7.26. The molecule has 0 fully saturated rings. The van der Waals surface area contributed by atoms with Crippen LogP contribution in [0.2, 0.25) is 0 Å². The van der Waals surface area contributed by atoms with Gasteiger partial charge in [0.15, 0.2) is 17.3 Å². The molecule has 0 N–H and O–H groups in total. The smallest absolute Gasteiger partial charge is 0.165 e. The van der Waals surface area contributed by atoms with Crippen molar-refractivity contribution in [3.05, 3.63) is 41.7 Å². The van der Waals surface area contributed by atoms with Crippen LogP contribution in [0.4, 0.5) is 0 Å². The molecule has 1 aliphatic carbocycles. The lowest BCUT2D eigenvalue weighted by Crippen LogP contribution is -2.14. The molecule has 0 aliphatic heterocycles. The summed E-state index contributed by atoms with van der Waals surface area (Å²) in [6.07, 6.45) is 4.09. The minimum Gasteiger partial charge on any atom is -0.493 e. The van der Waals surface area contributed by atoms with E-state index < -0.39 is 0 Å². The first-order chi connectivity index (χ1) is 13.7. The number of ether oxygens (including phenoxy) is 2. The van der Waals surface area contributed by atoms with Gasteiger partial charge in [-0.3, -0.25) is 9.78 Å². The lowest BCUT2D eigenvalue weighted by Gasteiger charge is -2.20. The Morgan fingerprint density at radius 2 is 1.86 bits per heavy atom. The van der Waals surface area contributed by atoms with Crippen molar-refractivity contribution in [3.63, 3.8) is 0 Å². The molecule has 0 spiro atoms. The Bertz CT molecular complexity index is 1430. The maximum Gasteiger partial charge on any atom is 0.165 e. The topological polar surface area (TPSA) is 65.7 Å². The highest BCUT2D eigenvalue weighted by atomic mass is 16.5. The number of carbonyl (C=O) groups excluding carboxylic acids is 1. The number of nitrogens with zero attached hydrogens (tertiary/aromatic N) is 3. The Hall–Kier alpha value is -3.41. The Morgan fingerprint density at radius 1 is 1.04 bits per heavy atom. The van der Waals surface area contributed by atoms with Crippen LogP contribution in [0.15, 0.2) is 30.5 Å². The van der Waals surface area contributed by atoms with Crippen molar-refractivity contribution in [2.45, 2.75) is 19.3 Å². The molecule has 138 valence electrons. The summed E-state index contributed by atoms with van der Waals surface area (Å²) < 4.78 is 13.0. The molecule has 1 aliphatic rings. The average molecular weight is 371 g/mol. The van der Waals surface area contributed by atoms with Gasteiger partial charge in [0.2, 0.25) is 0 Å². The summed E-state index contributed by atoms with van der Waals surface area (Å²) in [4.78, 5) is 17.8. The second kappa shape index (κ2) is 5.32. The minimum atomic E-state index is 0.163. The van der Waals surface area contributed by atoms with Crippen LogP contribution in [-0.4, -0.2) is 34.6 Å². The first-order valence-electron chi connectivity index (χ1n) is 9.34. The molecule has 3 heterocycles. The van der Waals surface area contributed by atoms with E-state index in [0.717, 1.165) is 62.2 Å². The summed E-state index contributed by atoms with van der Waals surface area (Å²) >= 11 is 0. The Kier molecular flexibility index (Phi) is 2.97. The third-order valence-electron chi connectivity index (χ3n) is 5.85. The number of aryl methyl sites for hydroxylation is 1. The van der Waals surface area contributed by atoms with E-state index in [4.69, 9.17) is 14.5 Å². The molecule has 3 aromatic heterocycles. The number of aromatic nitrogens is 3. The predicted octanol–water partition coefficient (Wildman–Crippen LogP) is 4.16. The van der Waals surface area contributed by atoms with E-state index in [1.54, 1.807) is 14.2 Å². The highest BCUT2D eigenvalue weighted by Gasteiger charge is 2.27. The molecule has 0 saturated carbocycles. The maximum atomic E-state index is 13.0. The molecule has 6 heteroatoms. The Morgan fingerprint density at radius 3 is 2.68 bits per heavy atom. The van der Waals surface area contributed by atoms with E-state index in [0.29, 0.717) is 17.9 Å². The molecular formula is C22H17N3O3. The van der Waals surface area contributed by atoms with Gasteiger partial charge in [-0.25, -0.2) is 4.52 Å². The van der Waals surface area contributed by atoms with Crippen molar-refractivity contribution < 1.29 is 14.3 Å². The molecule has 0 unspecified atom stereocenters. The maximum absolute atomic E-state index is 13.0. The highest BCUT2D eigenvalue weighted by Crippen LogP contribution is 2.43. The van der Waals surface area contributed by atoms with Gasteiger partial charge in [0.05, 0.1) is 42.7 Å². The zero-order chi connectivity index (χ0) is 19.0. The molecule has 0 amide bonds. The third-order valence-corrected chi connectivity index (χ3v) is 5.85. The molecule has 0 bridgehead atoms. The standard InChI is InChI=1S/C22H17N3O3/c1-27-17-8-12-15(9-18(17)28-2)25-22-11(10-23-25)6-7-14-21(22)19(12)20-13(24-14)4-3-5-16(20)26/h6-10H,3-5H2,1-2H3. The molecule has 0 saturated heterocycles. The molecule has 2 aromatic carbocycles. The summed E-state index contributed by atoms with van der Waals surface area (Å²) in [5.41, 5.74) is 4.43. The summed E-state index contributed by atoms with van der Waals surface area (Å²) in [6.45, 7) is 0. The van der Waals surface area contributed by atoms with E-state index in [9.17, 15) is 4.79 Å². The fourth-order valence-corrected chi connectivity index (χ4v) is 4.64. The summed E-state index contributed by atoms with van der Waals surface area (Å²) in [7, 11) is 3.24. The van der Waals surface area contributed by atoms with Crippen LogP contribution in [-0.2, 0) is 6.42 Å². The van der Waals surface area contributed by atoms with E-state index in [-0.39, 0.29) is 5.78 Å². The average Bonchev–Trinajstić information content (AvgIpc) is 3.16. The SMILES string of the molecule is COc1cc2c3c4c(nc5ccc6cnn(c2cc1OC)c6c53)CCCC4=O. The fraction of sp³-hybridized carbons (Fsp3) is 0.227. The van der Waals surface area contributed by atoms with Crippen LogP contribution >= 0.6 is 0 Å².